The summed E-state index contributed by atoms with van der Waals surface area (Å²) < 4.78 is 10.6. The van der Waals surface area contributed by atoms with Gasteiger partial charge in [0.2, 0.25) is 0 Å². The Bertz CT molecular complexity index is 377. The van der Waals surface area contributed by atoms with E-state index in [-0.39, 0.29) is 11.8 Å². The quantitative estimate of drug-likeness (QED) is 0.842. The summed E-state index contributed by atoms with van der Waals surface area (Å²) in [6.45, 7) is 0. The minimum absolute atomic E-state index is 0.0887. The third kappa shape index (κ3) is 2.17. The molecular formula is C13H19NO3. The van der Waals surface area contributed by atoms with Gasteiger partial charge < -0.3 is 20.3 Å². The molecule has 1 aromatic carbocycles. The zero-order valence-electron chi connectivity index (χ0n) is 10.3. The fraction of sp³-hybridized carbons (Fsp3) is 0.538. The normalized spacial score (nSPS) is 17.4. The number of rotatable bonds is 4. The Balaban J connectivity index is 2.41. The Labute approximate surface area is 101 Å². The number of nitrogens with two attached hydrogens (primary N) is 1. The van der Waals surface area contributed by atoms with Gasteiger partial charge in [-0.3, -0.25) is 0 Å². The highest BCUT2D eigenvalue weighted by atomic mass is 16.5. The average Bonchev–Trinajstić information content (AvgIpc) is 2.24. The van der Waals surface area contributed by atoms with Gasteiger partial charge in [-0.2, -0.15) is 0 Å². The van der Waals surface area contributed by atoms with Crippen molar-refractivity contribution in [3.05, 3.63) is 17.7 Å². The summed E-state index contributed by atoms with van der Waals surface area (Å²) in [6, 6.07) is 3.07. The first-order valence-corrected chi connectivity index (χ1v) is 5.87. The second-order valence-corrected chi connectivity index (χ2v) is 4.48. The first kappa shape index (κ1) is 12.0. The second-order valence-electron chi connectivity index (χ2n) is 4.48. The minimum Gasteiger partial charge on any atom is -0.508 e. The van der Waals surface area contributed by atoms with Crippen molar-refractivity contribution in [2.75, 3.05) is 14.2 Å². The van der Waals surface area contributed by atoms with E-state index in [1.807, 2.05) is 0 Å². The Morgan fingerprint density at radius 1 is 1.24 bits per heavy atom. The van der Waals surface area contributed by atoms with Crippen molar-refractivity contribution in [1.82, 2.24) is 0 Å². The van der Waals surface area contributed by atoms with Gasteiger partial charge in [-0.25, -0.2) is 0 Å². The third-order valence-electron chi connectivity index (χ3n) is 3.52. The van der Waals surface area contributed by atoms with Crippen LogP contribution in [0.2, 0.25) is 0 Å². The number of benzene rings is 1. The molecule has 3 N–H and O–H groups in total. The van der Waals surface area contributed by atoms with Crippen LogP contribution in [0.15, 0.2) is 12.1 Å². The van der Waals surface area contributed by atoms with E-state index in [1.165, 1.54) is 6.42 Å². The second kappa shape index (κ2) is 4.84. The van der Waals surface area contributed by atoms with Crippen molar-refractivity contribution in [2.45, 2.75) is 25.3 Å². The summed E-state index contributed by atoms with van der Waals surface area (Å²) in [4.78, 5) is 0. The number of hydrogen-bond acceptors (Lipinski definition) is 4. The summed E-state index contributed by atoms with van der Waals surface area (Å²) >= 11 is 0. The van der Waals surface area contributed by atoms with Crippen molar-refractivity contribution in [1.29, 1.82) is 0 Å². The Morgan fingerprint density at radius 3 is 2.12 bits per heavy atom. The molecule has 1 aliphatic rings. The van der Waals surface area contributed by atoms with Crippen molar-refractivity contribution in [2.24, 2.45) is 11.7 Å². The molecule has 0 radical (unpaired) electrons. The molecule has 4 heteroatoms. The lowest BCUT2D eigenvalue weighted by Crippen LogP contribution is -2.27. The lowest BCUT2D eigenvalue weighted by Gasteiger charge is -2.32. The van der Waals surface area contributed by atoms with E-state index in [0.717, 1.165) is 18.4 Å². The van der Waals surface area contributed by atoms with E-state index < -0.39 is 0 Å². The Kier molecular flexibility index (Phi) is 3.43. The Hall–Kier alpha value is -1.42. The molecule has 0 unspecified atom stereocenters. The van der Waals surface area contributed by atoms with Gasteiger partial charge in [0.1, 0.15) is 17.2 Å². The van der Waals surface area contributed by atoms with Gasteiger partial charge in [0.25, 0.3) is 0 Å². The van der Waals surface area contributed by atoms with Crippen LogP contribution in [0.3, 0.4) is 0 Å². The largest absolute Gasteiger partial charge is 0.508 e. The van der Waals surface area contributed by atoms with Crippen LogP contribution in [0.25, 0.3) is 0 Å². The lowest BCUT2D eigenvalue weighted by molar-refractivity contribution is 0.253. The summed E-state index contributed by atoms with van der Waals surface area (Å²) in [7, 11) is 3.15. The molecule has 0 spiro atoms. The molecule has 1 fully saturated rings. The highest BCUT2D eigenvalue weighted by Gasteiger charge is 2.30. The maximum atomic E-state index is 9.57. The molecule has 1 aliphatic carbocycles. The van der Waals surface area contributed by atoms with Crippen molar-refractivity contribution in [3.63, 3.8) is 0 Å². The molecular weight excluding hydrogens is 218 g/mol. The highest BCUT2D eigenvalue weighted by molar-refractivity contribution is 5.52. The van der Waals surface area contributed by atoms with Gasteiger partial charge in [-0.05, 0) is 18.8 Å². The van der Waals surface area contributed by atoms with Crippen LogP contribution in [0.4, 0.5) is 0 Å². The van der Waals surface area contributed by atoms with E-state index in [0.29, 0.717) is 17.4 Å². The summed E-state index contributed by atoms with van der Waals surface area (Å²) in [5.74, 6) is 1.81. The molecule has 17 heavy (non-hydrogen) atoms. The summed E-state index contributed by atoms with van der Waals surface area (Å²) in [6.07, 6.45) is 3.53. The van der Waals surface area contributed by atoms with Crippen LogP contribution in [-0.2, 0) is 0 Å². The number of phenolic OH excluding ortho intramolecular Hbond substituents is 1. The van der Waals surface area contributed by atoms with E-state index in [4.69, 9.17) is 15.2 Å². The molecule has 94 valence electrons. The smallest absolute Gasteiger partial charge is 0.131 e. The van der Waals surface area contributed by atoms with E-state index in [9.17, 15) is 5.11 Å². The number of aromatic hydroxyl groups is 1. The Morgan fingerprint density at radius 2 is 1.76 bits per heavy atom. The van der Waals surface area contributed by atoms with Crippen LogP contribution >= 0.6 is 0 Å². The molecule has 0 aliphatic heterocycles. The minimum atomic E-state index is -0.0887. The zero-order valence-corrected chi connectivity index (χ0v) is 10.3. The van der Waals surface area contributed by atoms with Crippen LogP contribution in [0, 0.1) is 5.92 Å². The van der Waals surface area contributed by atoms with Gasteiger partial charge in [0, 0.05) is 18.2 Å². The van der Waals surface area contributed by atoms with Gasteiger partial charge in [0.15, 0.2) is 0 Å². The molecule has 1 saturated carbocycles. The first-order chi connectivity index (χ1) is 8.17. The van der Waals surface area contributed by atoms with Crippen LogP contribution in [0.1, 0.15) is 30.9 Å². The van der Waals surface area contributed by atoms with Gasteiger partial charge in [-0.15, -0.1) is 0 Å². The molecule has 1 atom stereocenters. The number of ether oxygens (including phenoxy) is 2. The monoisotopic (exact) mass is 237 g/mol. The van der Waals surface area contributed by atoms with Crippen LogP contribution in [-0.4, -0.2) is 19.3 Å². The first-order valence-electron chi connectivity index (χ1n) is 5.87. The molecule has 0 aromatic heterocycles. The molecule has 0 saturated heterocycles. The maximum absolute atomic E-state index is 9.57. The van der Waals surface area contributed by atoms with Crippen molar-refractivity contribution >= 4 is 0 Å². The lowest BCUT2D eigenvalue weighted by atomic mass is 9.77. The van der Waals surface area contributed by atoms with Crippen molar-refractivity contribution < 1.29 is 14.6 Å². The number of phenols is 1. The third-order valence-corrected chi connectivity index (χ3v) is 3.52. The van der Waals surface area contributed by atoms with E-state index in [1.54, 1.807) is 26.4 Å². The van der Waals surface area contributed by atoms with Crippen LogP contribution in [0.5, 0.6) is 17.2 Å². The van der Waals surface area contributed by atoms with Gasteiger partial charge in [0.05, 0.1) is 19.8 Å². The predicted octanol–water partition coefficient (Wildman–Crippen LogP) is 2.21. The SMILES string of the molecule is COc1cc(O)cc(OC)c1[C@H](N)C1CCC1. The number of methoxy groups -OCH3 is 2. The summed E-state index contributed by atoms with van der Waals surface area (Å²) in [5, 5.41) is 9.57. The summed E-state index contributed by atoms with van der Waals surface area (Å²) in [5.41, 5.74) is 7.12. The van der Waals surface area contributed by atoms with E-state index in [2.05, 4.69) is 0 Å². The fourth-order valence-electron chi connectivity index (χ4n) is 2.29. The van der Waals surface area contributed by atoms with E-state index >= 15 is 0 Å². The van der Waals surface area contributed by atoms with Crippen LogP contribution < -0.4 is 15.2 Å². The average molecular weight is 237 g/mol. The highest BCUT2D eigenvalue weighted by Crippen LogP contribution is 2.44. The number of hydrogen-bond donors (Lipinski definition) is 2. The molecule has 2 rings (SSSR count). The topological polar surface area (TPSA) is 64.7 Å². The molecule has 0 bridgehead atoms. The molecule has 0 heterocycles. The van der Waals surface area contributed by atoms with Gasteiger partial charge in [-0.1, -0.05) is 6.42 Å². The fourth-order valence-corrected chi connectivity index (χ4v) is 2.29. The van der Waals surface area contributed by atoms with Crippen molar-refractivity contribution in [3.8, 4) is 17.2 Å². The zero-order chi connectivity index (χ0) is 12.4. The standard InChI is InChI=1S/C13H19NO3/c1-16-10-6-9(15)7-11(17-2)12(10)13(14)8-4-3-5-8/h6-8,13,15H,3-5,14H2,1-2H3/t13-/m1/s1. The maximum Gasteiger partial charge on any atom is 0.131 e. The predicted molar refractivity (Wildman–Crippen MR) is 65.5 cm³/mol. The molecule has 1 aromatic rings. The molecule has 0 amide bonds. The molecule has 4 nitrogen and oxygen atoms in total. The van der Waals surface area contributed by atoms with Gasteiger partial charge >= 0.3 is 0 Å².